The van der Waals surface area contributed by atoms with E-state index in [1.165, 1.54) is 116 Å². The first-order valence-corrected chi connectivity index (χ1v) is 36.1. The standard InChI is InChI=1S/C49H33N3.C34H26N2.C14H11ClN2.CH4/c1-3-15-31(16-4-1)47-40-24-11-13-25-44(40)50-49(51-47)46-37-22-9-7-19-34(37)42-29-32(27-28-38(42)46)41-30-43-36-21-12-14-26-45(36)52(33-17-5-2-6-18-33)48(43)39-23-10-8-20-35(39)41;1-2-3-11-23-21-34-30(27-15-8-10-17-33(27)36(34)25-12-5-4-6-13-25)22-28(23)24-18-19-32-29(20-24)26-14-7-9-16-31(26)35-32;1-3-4-7-10(2)13-11-8-5-6-9-12(11)16-14(15)17-13;/h1-30,38,42,46H;2-22,29,32,35H,1H2;3-9H,1-2H2;1H4/b;11-3-;7-4-;. The van der Waals surface area contributed by atoms with Crippen molar-refractivity contribution in [3.63, 3.8) is 0 Å². The highest BCUT2D eigenvalue weighted by atomic mass is 35.5. The van der Waals surface area contributed by atoms with Crippen molar-refractivity contribution >= 4 is 116 Å². The molecule has 0 amide bonds. The molecule has 0 radical (unpaired) electrons. The second-order valence-electron chi connectivity index (χ2n) is 27.0. The summed E-state index contributed by atoms with van der Waals surface area (Å²) in [6.07, 6.45) is 25.8. The molecule has 8 heteroatoms. The minimum atomic E-state index is 0. The number of para-hydroxylation sites is 7. The molecule has 12 aromatic carbocycles. The van der Waals surface area contributed by atoms with E-state index in [0.29, 0.717) is 12.0 Å². The van der Waals surface area contributed by atoms with Gasteiger partial charge in [-0.2, -0.15) is 0 Å². The number of anilines is 1. The highest BCUT2D eigenvalue weighted by Crippen LogP contribution is 2.54. The summed E-state index contributed by atoms with van der Waals surface area (Å²) in [7, 11) is 0. The lowest BCUT2D eigenvalue weighted by molar-refractivity contribution is 0.549. The number of nitrogens with zero attached hydrogens (tertiary/aromatic N) is 6. The Morgan fingerprint density at radius 1 is 0.443 bits per heavy atom. The van der Waals surface area contributed by atoms with Gasteiger partial charge in [-0.1, -0.05) is 306 Å². The van der Waals surface area contributed by atoms with E-state index in [2.05, 4.69) is 341 Å². The normalized spacial score (nSPS) is 16.7. The van der Waals surface area contributed by atoms with Crippen molar-refractivity contribution < 1.29 is 0 Å². The Kier molecular flexibility index (Phi) is 17.7. The number of hydrogen-bond acceptors (Lipinski definition) is 5. The highest BCUT2D eigenvalue weighted by Gasteiger charge is 2.42. The molecule has 5 atom stereocenters. The van der Waals surface area contributed by atoms with Crippen molar-refractivity contribution in [2.45, 2.75) is 31.2 Å². The van der Waals surface area contributed by atoms with Crippen molar-refractivity contribution in [2.24, 2.45) is 5.92 Å². The first kappa shape index (κ1) is 66.2. The third kappa shape index (κ3) is 11.8. The smallest absolute Gasteiger partial charge is 0.223 e. The minimum Gasteiger partial charge on any atom is -0.378 e. The van der Waals surface area contributed by atoms with Crippen molar-refractivity contribution in [1.82, 2.24) is 29.1 Å². The third-order valence-corrected chi connectivity index (χ3v) is 21.2. The Morgan fingerprint density at radius 3 is 1.72 bits per heavy atom. The third-order valence-electron chi connectivity index (χ3n) is 21.1. The maximum atomic E-state index is 5.89. The van der Waals surface area contributed by atoms with E-state index in [4.69, 9.17) is 21.6 Å². The monoisotopic (exact) mass is 1380 g/mol. The maximum Gasteiger partial charge on any atom is 0.223 e. The Morgan fingerprint density at radius 2 is 0.991 bits per heavy atom. The van der Waals surface area contributed by atoms with Gasteiger partial charge in [0.15, 0.2) is 0 Å². The second kappa shape index (κ2) is 28.3. The lowest BCUT2D eigenvalue weighted by Crippen LogP contribution is -2.18. The number of benzene rings is 12. The zero-order valence-corrected chi connectivity index (χ0v) is 58.3. The van der Waals surface area contributed by atoms with Gasteiger partial charge >= 0.3 is 0 Å². The van der Waals surface area contributed by atoms with Gasteiger partial charge in [0.2, 0.25) is 5.28 Å². The molecular formula is C98H74ClN7. The number of nitrogens with one attached hydrogen (secondary N) is 1. The number of fused-ring (bicyclic) bond motifs is 16. The molecule has 16 aromatic rings. The average Bonchev–Trinajstić information content (AvgIpc) is 1.57. The number of rotatable bonds is 11. The molecule has 4 aromatic heterocycles. The predicted octanol–water partition coefficient (Wildman–Crippen LogP) is 25.2. The van der Waals surface area contributed by atoms with Crippen molar-refractivity contribution in [3.05, 3.63) is 416 Å². The summed E-state index contributed by atoms with van der Waals surface area (Å²) in [5.41, 5.74) is 24.2. The molecule has 3 aliphatic carbocycles. The lowest BCUT2D eigenvalue weighted by atomic mass is 9.79. The maximum absolute atomic E-state index is 5.89. The van der Waals surface area contributed by atoms with Gasteiger partial charge in [0.05, 0.1) is 56.4 Å². The lowest BCUT2D eigenvalue weighted by Gasteiger charge is -2.25. The molecule has 0 saturated heterocycles. The summed E-state index contributed by atoms with van der Waals surface area (Å²) in [5.74, 6) is 1.68. The van der Waals surface area contributed by atoms with Gasteiger partial charge < -0.3 is 14.5 Å². The molecule has 0 saturated carbocycles. The molecule has 7 nitrogen and oxygen atoms in total. The van der Waals surface area contributed by atoms with Gasteiger partial charge in [0.1, 0.15) is 5.82 Å². The molecule has 1 N–H and O–H groups in total. The van der Waals surface area contributed by atoms with Gasteiger partial charge in [-0.3, -0.25) is 0 Å². The van der Waals surface area contributed by atoms with Crippen LogP contribution in [0, 0.1) is 5.92 Å². The SMILES string of the molecule is C.C1=CC2C(C=C1c1cc3c4ccccc4n(-c4ccccc4)c3c3ccccc13)c1ccccc1C2c1nc(-c2ccccc2)c2ccccc2n1.C=C/C=C\C(=C)c1nc(Cl)nc2ccccc12.C=C/C=C\c1cc2c(cc1C1=CC3c4ccccc4NC3C=C1)c1ccccc1n2-c1ccccc1. The van der Waals surface area contributed by atoms with Crippen LogP contribution in [0.15, 0.2) is 366 Å². The van der Waals surface area contributed by atoms with Crippen LogP contribution in [0.1, 0.15) is 70.1 Å². The first-order chi connectivity index (χ1) is 51.8. The van der Waals surface area contributed by atoms with Crippen LogP contribution in [-0.2, 0) is 0 Å². The van der Waals surface area contributed by atoms with Crippen molar-refractivity contribution in [1.29, 1.82) is 0 Å². The zero-order chi connectivity index (χ0) is 70.5. The molecule has 5 unspecified atom stereocenters. The molecule has 0 spiro atoms. The van der Waals surface area contributed by atoms with Crippen LogP contribution >= 0.6 is 11.6 Å². The van der Waals surface area contributed by atoms with Gasteiger partial charge in [0, 0.05) is 78.1 Å². The molecule has 0 bridgehead atoms. The summed E-state index contributed by atoms with van der Waals surface area (Å²) >= 11 is 5.89. The Balaban J connectivity index is 0.000000132. The molecule has 1 aliphatic heterocycles. The van der Waals surface area contributed by atoms with E-state index in [0.717, 1.165) is 50.2 Å². The van der Waals surface area contributed by atoms with Gasteiger partial charge in [-0.25, -0.2) is 19.9 Å². The molecular weight excluding hydrogens is 1310 g/mol. The van der Waals surface area contributed by atoms with E-state index in [-0.39, 0.29) is 30.5 Å². The predicted molar refractivity (Wildman–Crippen MR) is 448 cm³/mol. The number of hydrogen-bond donors (Lipinski definition) is 1. The molecule has 0 fully saturated rings. The zero-order valence-electron chi connectivity index (χ0n) is 57.6. The molecule has 4 aliphatic rings. The van der Waals surface area contributed by atoms with E-state index >= 15 is 0 Å². The summed E-state index contributed by atoms with van der Waals surface area (Å²) in [4.78, 5) is 19.0. The van der Waals surface area contributed by atoms with E-state index in [1.54, 1.807) is 6.08 Å². The van der Waals surface area contributed by atoms with Crippen LogP contribution in [-0.4, -0.2) is 35.1 Å². The minimum absolute atomic E-state index is 0. The highest BCUT2D eigenvalue weighted by molar-refractivity contribution is 6.29. The number of halogens is 1. The fraction of sp³-hybridized carbons (Fsp3) is 0.0612. The second-order valence-corrected chi connectivity index (χ2v) is 27.4. The molecule has 20 rings (SSSR count). The first-order valence-electron chi connectivity index (χ1n) is 35.8. The van der Waals surface area contributed by atoms with Crippen LogP contribution in [0.3, 0.4) is 0 Å². The number of allylic oxidation sites excluding steroid dienone is 12. The average molecular weight is 1390 g/mol. The van der Waals surface area contributed by atoms with E-state index in [9.17, 15) is 0 Å². The largest absolute Gasteiger partial charge is 0.378 e. The van der Waals surface area contributed by atoms with Crippen molar-refractivity contribution in [2.75, 3.05) is 5.32 Å². The Labute approximate surface area is 622 Å². The van der Waals surface area contributed by atoms with E-state index < -0.39 is 0 Å². The summed E-state index contributed by atoms with van der Waals surface area (Å²) in [6.45, 7) is 11.5. The van der Waals surface area contributed by atoms with Crippen LogP contribution in [0.5, 0.6) is 0 Å². The fourth-order valence-electron chi connectivity index (χ4n) is 16.4. The molecule has 5 heterocycles. The topological polar surface area (TPSA) is 73.4 Å². The number of aromatic nitrogens is 6. The van der Waals surface area contributed by atoms with Gasteiger partial charge in [0.25, 0.3) is 0 Å². The Bertz CT molecular complexity index is 6370. The van der Waals surface area contributed by atoms with E-state index in [1.807, 2.05) is 48.6 Å². The van der Waals surface area contributed by atoms with Crippen LogP contribution in [0.4, 0.5) is 5.69 Å². The summed E-state index contributed by atoms with van der Waals surface area (Å²) < 4.78 is 4.81. The summed E-state index contributed by atoms with van der Waals surface area (Å²) in [6, 6.07) is 99.5. The van der Waals surface area contributed by atoms with Gasteiger partial charge in [-0.15, -0.1) is 0 Å². The Hall–Kier alpha value is -13.1. The van der Waals surface area contributed by atoms with Crippen molar-refractivity contribution in [3.8, 4) is 22.6 Å². The van der Waals surface area contributed by atoms with Crippen LogP contribution in [0.2, 0.25) is 5.28 Å². The molecule has 508 valence electrons. The fourth-order valence-corrected chi connectivity index (χ4v) is 16.6. The quantitative estimate of drug-likeness (QED) is 0.103. The molecule has 106 heavy (non-hydrogen) atoms. The van der Waals surface area contributed by atoms with Crippen LogP contribution < -0.4 is 5.32 Å². The summed E-state index contributed by atoms with van der Waals surface area (Å²) in [5, 5.41) is 13.5. The van der Waals surface area contributed by atoms with Crippen LogP contribution in [0.25, 0.3) is 122 Å². The van der Waals surface area contributed by atoms with Gasteiger partial charge in [-0.05, 0) is 140 Å².